The molecule has 0 radical (unpaired) electrons. The second-order valence-electron chi connectivity index (χ2n) is 3.69. The molecule has 0 aliphatic rings. The summed E-state index contributed by atoms with van der Waals surface area (Å²) >= 11 is 0. The van der Waals surface area contributed by atoms with Crippen LogP contribution < -0.4 is 0 Å². The number of nitro groups is 1. The Labute approximate surface area is 103 Å². The maximum atomic E-state index is 11.5. The molecule has 0 atom stereocenters. The number of rotatable bonds is 3. The maximum absolute atomic E-state index is 11.5. The van der Waals surface area contributed by atoms with Crippen LogP contribution in [0.3, 0.4) is 0 Å². The highest BCUT2D eigenvalue weighted by atomic mass is 32.2. The van der Waals surface area contributed by atoms with Gasteiger partial charge >= 0.3 is 0 Å². The van der Waals surface area contributed by atoms with E-state index in [1.54, 1.807) is 6.07 Å². The van der Waals surface area contributed by atoms with E-state index in [2.05, 4.69) is 10.2 Å². The normalized spacial score (nSPS) is 11.4. The van der Waals surface area contributed by atoms with Gasteiger partial charge in [-0.3, -0.25) is 15.2 Å². The van der Waals surface area contributed by atoms with Crippen molar-refractivity contribution in [2.45, 2.75) is 5.03 Å². The van der Waals surface area contributed by atoms with Crippen molar-refractivity contribution in [3.63, 3.8) is 0 Å². The van der Waals surface area contributed by atoms with E-state index in [1.807, 2.05) is 0 Å². The van der Waals surface area contributed by atoms with Crippen molar-refractivity contribution >= 4 is 15.5 Å². The number of H-pyrrole nitrogens is 1. The highest BCUT2D eigenvalue weighted by Crippen LogP contribution is 2.27. The van der Waals surface area contributed by atoms with E-state index in [-0.39, 0.29) is 10.7 Å². The van der Waals surface area contributed by atoms with Crippen LogP contribution >= 0.6 is 0 Å². The van der Waals surface area contributed by atoms with Gasteiger partial charge in [-0.15, -0.1) is 0 Å². The molecule has 2 rings (SSSR count). The quantitative estimate of drug-likeness (QED) is 0.668. The van der Waals surface area contributed by atoms with Crippen LogP contribution in [0, 0.1) is 10.1 Å². The van der Waals surface area contributed by atoms with Gasteiger partial charge in [-0.2, -0.15) is 5.10 Å². The minimum Gasteiger partial charge on any atom is -0.267 e. The molecule has 1 heterocycles. The third-order valence-corrected chi connectivity index (χ3v) is 3.40. The summed E-state index contributed by atoms with van der Waals surface area (Å²) < 4.78 is 23.0. The monoisotopic (exact) mass is 267 g/mol. The van der Waals surface area contributed by atoms with Gasteiger partial charge in [-0.05, 0) is 5.56 Å². The Morgan fingerprint density at radius 1 is 1.39 bits per heavy atom. The number of nitrogens with one attached hydrogen (secondary N) is 1. The molecule has 94 valence electrons. The lowest BCUT2D eigenvalue weighted by atomic mass is 10.1. The molecule has 0 spiro atoms. The van der Waals surface area contributed by atoms with Crippen LogP contribution in [-0.2, 0) is 9.84 Å². The zero-order valence-electron chi connectivity index (χ0n) is 9.32. The fourth-order valence-electron chi connectivity index (χ4n) is 1.55. The molecule has 0 bridgehead atoms. The average Bonchev–Trinajstić information content (AvgIpc) is 2.77. The van der Waals surface area contributed by atoms with Gasteiger partial charge in [-0.25, -0.2) is 8.42 Å². The van der Waals surface area contributed by atoms with Crippen molar-refractivity contribution in [2.24, 2.45) is 0 Å². The van der Waals surface area contributed by atoms with E-state index in [0.29, 0.717) is 11.1 Å². The number of hydrogen-bond acceptors (Lipinski definition) is 5. The molecule has 0 aliphatic carbocycles. The molecule has 0 fully saturated rings. The zero-order chi connectivity index (χ0) is 13.3. The Morgan fingerprint density at radius 3 is 2.72 bits per heavy atom. The summed E-state index contributed by atoms with van der Waals surface area (Å²) in [6.45, 7) is 0. The molecule has 7 nitrogen and oxygen atoms in total. The molecule has 0 aliphatic heterocycles. The molecule has 1 aromatic carbocycles. The molecule has 0 amide bonds. The number of sulfone groups is 1. The number of aromatic amines is 1. The van der Waals surface area contributed by atoms with Crippen LogP contribution in [0.5, 0.6) is 0 Å². The Kier molecular flexibility index (Phi) is 2.87. The van der Waals surface area contributed by atoms with Gasteiger partial charge in [0, 0.05) is 24.0 Å². The number of non-ortho nitro benzene ring substituents is 1. The van der Waals surface area contributed by atoms with E-state index in [4.69, 9.17) is 0 Å². The number of aromatic nitrogens is 2. The first kappa shape index (κ1) is 12.2. The summed E-state index contributed by atoms with van der Waals surface area (Å²) in [5.41, 5.74) is 0.646. The topological polar surface area (TPSA) is 106 Å². The summed E-state index contributed by atoms with van der Waals surface area (Å²) in [4.78, 5) is 10.1. The van der Waals surface area contributed by atoms with E-state index in [0.717, 1.165) is 6.26 Å². The molecule has 0 unspecified atom stereocenters. The van der Waals surface area contributed by atoms with E-state index in [1.165, 1.54) is 24.4 Å². The fraction of sp³-hybridized carbons (Fsp3) is 0.100. The molecule has 1 aromatic heterocycles. The number of hydrogen-bond donors (Lipinski definition) is 1. The van der Waals surface area contributed by atoms with Crippen molar-refractivity contribution in [3.05, 3.63) is 40.6 Å². The first-order chi connectivity index (χ1) is 8.39. The van der Waals surface area contributed by atoms with Gasteiger partial charge in [0.25, 0.3) is 5.69 Å². The number of benzene rings is 1. The second kappa shape index (κ2) is 4.22. The minimum atomic E-state index is -3.46. The molecule has 0 saturated heterocycles. The number of nitrogens with zero attached hydrogens (tertiary/aromatic N) is 2. The zero-order valence-corrected chi connectivity index (χ0v) is 10.1. The Hall–Kier alpha value is -2.22. The summed E-state index contributed by atoms with van der Waals surface area (Å²) in [5, 5.41) is 16.7. The number of nitro benzene ring substituents is 1. The predicted molar refractivity (Wildman–Crippen MR) is 63.8 cm³/mol. The Morgan fingerprint density at radius 2 is 2.11 bits per heavy atom. The third kappa shape index (κ3) is 2.23. The van der Waals surface area contributed by atoms with Crippen LogP contribution in [0.1, 0.15) is 0 Å². The van der Waals surface area contributed by atoms with Crippen molar-refractivity contribution in [3.8, 4) is 11.1 Å². The standard InChI is InChI=1S/C10H9N3O4S/c1-18(16,17)10-9(6-11-12-10)7-3-2-4-8(5-7)13(14)15/h2-6H,1H3,(H,11,12). The third-order valence-electron chi connectivity index (χ3n) is 2.34. The van der Waals surface area contributed by atoms with E-state index >= 15 is 0 Å². The fourth-order valence-corrected chi connectivity index (χ4v) is 2.34. The SMILES string of the molecule is CS(=O)(=O)c1[nH]ncc1-c1cccc([N+](=O)[O-])c1. The molecule has 18 heavy (non-hydrogen) atoms. The second-order valence-corrected chi connectivity index (χ2v) is 5.64. The highest BCUT2D eigenvalue weighted by molar-refractivity contribution is 7.90. The minimum absolute atomic E-state index is 0.0528. The van der Waals surface area contributed by atoms with Crippen LogP contribution in [0.15, 0.2) is 35.5 Å². The van der Waals surface area contributed by atoms with E-state index < -0.39 is 14.8 Å². The van der Waals surface area contributed by atoms with Crippen LogP contribution in [0.4, 0.5) is 5.69 Å². The van der Waals surface area contributed by atoms with Crippen molar-refractivity contribution in [2.75, 3.05) is 6.26 Å². The largest absolute Gasteiger partial charge is 0.270 e. The smallest absolute Gasteiger partial charge is 0.267 e. The molecule has 0 saturated carbocycles. The van der Waals surface area contributed by atoms with Gasteiger partial charge in [-0.1, -0.05) is 12.1 Å². The van der Waals surface area contributed by atoms with Gasteiger partial charge < -0.3 is 0 Å². The molecule has 2 aromatic rings. The molecule has 8 heteroatoms. The summed E-state index contributed by atoms with van der Waals surface area (Å²) in [6, 6.07) is 5.72. The molecule has 1 N–H and O–H groups in total. The van der Waals surface area contributed by atoms with Gasteiger partial charge in [0.2, 0.25) is 0 Å². The first-order valence-corrected chi connectivity index (χ1v) is 6.77. The van der Waals surface area contributed by atoms with E-state index in [9.17, 15) is 18.5 Å². The van der Waals surface area contributed by atoms with Gasteiger partial charge in [0.15, 0.2) is 14.9 Å². The maximum Gasteiger partial charge on any atom is 0.270 e. The van der Waals surface area contributed by atoms with Gasteiger partial charge in [0.05, 0.1) is 11.1 Å². The summed E-state index contributed by atoms with van der Waals surface area (Å²) in [5.74, 6) is 0. The van der Waals surface area contributed by atoms with Crippen molar-refractivity contribution in [1.29, 1.82) is 0 Å². The van der Waals surface area contributed by atoms with Crippen LogP contribution in [0.2, 0.25) is 0 Å². The Balaban J connectivity index is 2.60. The summed E-state index contributed by atoms with van der Waals surface area (Å²) in [6.07, 6.45) is 2.37. The van der Waals surface area contributed by atoms with Crippen molar-refractivity contribution < 1.29 is 13.3 Å². The molecular formula is C10H9N3O4S. The lowest BCUT2D eigenvalue weighted by Crippen LogP contribution is -1.99. The predicted octanol–water partition coefficient (Wildman–Crippen LogP) is 1.39. The Bertz CT molecular complexity index is 705. The highest BCUT2D eigenvalue weighted by Gasteiger charge is 2.18. The van der Waals surface area contributed by atoms with Crippen LogP contribution in [-0.4, -0.2) is 29.8 Å². The summed E-state index contributed by atoms with van der Waals surface area (Å²) in [7, 11) is -3.46. The molecular weight excluding hydrogens is 258 g/mol. The van der Waals surface area contributed by atoms with Crippen molar-refractivity contribution in [1.82, 2.24) is 10.2 Å². The lowest BCUT2D eigenvalue weighted by molar-refractivity contribution is -0.384. The lowest BCUT2D eigenvalue weighted by Gasteiger charge is -2.01. The first-order valence-electron chi connectivity index (χ1n) is 4.88. The van der Waals surface area contributed by atoms with Crippen LogP contribution in [0.25, 0.3) is 11.1 Å². The average molecular weight is 267 g/mol. The van der Waals surface area contributed by atoms with Gasteiger partial charge in [0.1, 0.15) is 0 Å².